The van der Waals surface area contributed by atoms with Gasteiger partial charge in [-0.2, -0.15) is 0 Å². The predicted octanol–water partition coefficient (Wildman–Crippen LogP) is 1.79. The number of hydrogen-bond acceptors (Lipinski definition) is 9. The largest absolute Gasteiger partial charge is 0.505 e. The number of phenolic OH excluding ortho intramolecular Hbond substituents is 1. The molecular weight excluding hydrogens is 686 g/mol. The normalized spacial score (nSPS) is 24.5. The highest BCUT2D eigenvalue weighted by Crippen LogP contribution is 2.63. The number of hydrogen-bond donors (Lipinski definition) is 1. The summed E-state index contributed by atoms with van der Waals surface area (Å²) < 4.78 is 30.1. The molecule has 4 unspecified atom stereocenters. The monoisotopic (exact) mass is 714 g/mol. The van der Waals surface area contributed by atoms with Crippen LogP contribution in [0.1, 0.15) is 29.6 Å². The molecule has 2 amide bonds. The highest BCUT2D eigenvalue weighted by Gasteiger charge is 2.74. The molecule has 1 N–H and O–H groups in total. The van der Waals surface area contributed by atoms with Crippen LogP contribution in [0.15, 0.2) is 56.4 Å². The molecular formula is C32H29Cl2FN6O8. The van der Waals surface area contributed by atoms with Gasteiger partial charge in [0.1, 0.15) is 5.69 Å². The quantitative estimate of drug-likeness (QED) is 0.178. The Kier molecular flexibility index (Phi) is 7.37. The van der Waals surface area contributed by atoms with E-state index in [1.807, 2.05) is 0 Å². The fourth-order valence-electron chi connectivity index (χ4n) is 7.41. The minimum atomic E-state index is -2.12. The number of carbonyl (C=O) groups excluding carboxylic acids is 2. The van der Waals surface area contributed by atoms with Gasteiger partial charge < -0.3 is 19.1 Å². The third-order valence-electron chi connectivity index (χ3n) is 9.89. The first kappa shape index (κ1) is 32.6. The van der Waals surface area contributed by atoms with Crippen molar-refractivity contribution >= 4 is 46.0 Å². The third kappa shape index (κ3) is 4.30. The molecule has 2 aliphatic heterocycles. The van der Waals surface area contributed by atoms with Crippen LogP contribution in [0, 0.1) is 5.82 Å². The van der Waals surface area contributed by atoms with Crippen molar-refractivity contribution in [1.29, 1.82) is 0 Å². The van der Waals surface area contributed by atoms with Crippen LogP contribution in [0.4, 0.5) is 4.39 Å². The Labute approximate surface area is 286 Å². The first-order valence-corrected chi connectivity index (χ1v) is 15.9. The van der Waals surface area contributed by atoms with Crippen LogP contribution < -0.4 is 26.4 Å². The molecule has 4 atom stereocenters. The molecule has 4 heterocycles. The Morgan fingerprint density at radius 2 is 1.69 bits per heavy atom. The number of aromatic hydroxyl groups is 1. The molecule has 1 saturated carbocycles. The maximum atomic E-state index is 14.7. The number of benzene rings is 2. The summed E-state index contributed by atoms with van der Waals surface area (Å²) in [5.41, 5.74) is -0.355. The van der Waals surface area contributed by atoms with Gasteiger partial charge in [-0.15, -0.1) is 23.2 Å². The summed E-state index contributed by atoms with van der Waals surface area (Å²) in [6, 6.07) is 5.65. The smallest absolute Gasteiger partial charge is 0.347 e. The van der Waals surface area contributed by atoms with E-state index < -0.39 is 62.0 Å². The number of amides is 2. The number of methoxy groups -OCH3 is 2. The van der Waals surface area contributed by atoms with Crippen molar-refractivity contribution in [3.8, 4) is 17.2 Å². The number of ether oxygens (including phenoxy) is 2. The Morgan fingerprint density at radius 1 is 1.00 bits per heavy atom. The van der Waals surface area contributed by atoms with Crippen LogP contribution in [-0.2, 0) is 36.1 Å². The van der Waals surface area contributed by atoms with E-state index >= 15 is 0 Å². The van der Waals surface area contributed by atoms with E-state index in [0.29, 0.717) is 28.1 Å². The zero-order valence-electron chi connectivity index (χ0n) is 26.6. The van der Waals surface area contributed by atoms with Crippen molar-refractivity contribution in [2.24, 2.45) is 7.05 Å². The minimum Gasteiger partial charge on any atom is -0.505 e. The second-order valence-corrected chi connectivity index (χ2v) is 13.5. The van der Waals surface area contributed by atoms with E-state index in [1.165, 1.54) is 41.3 Å². The Morgan fingerprint density at radius 3 is 2.37 bits per heavy atom. The lowest BCUT2D eigenvalue weighted by Crippen LogP contribution is -2.59. The highest BCUT2D eigenvalue weighted by molar-refractivity contribution is 6.53. The first-order chi connectivity index (χ1) is 23.2. The van der Waals surface area contributed by atoms with Gasteiger partial charge in [0.05, 0.1) is 37.8 Å². The number of nitrogens with zero attached hydrogens (tertiary/aromatic N) is 6. The van der Waals surface area contributed by atoms with Crippen molar-refractivity contribution in [3.05, 3.63) is 90.4 Å². The van der Waals surface area contributed by atoms with E-state index in [1.54, 1.807) is 25.3 Å². The molecule has 4 aromatic rings. The van der Waals surface area contributed by atoms with Crippen LogP contribution in [-0.4, -0.2) is 76.3 Å². The topological polar surface area (TPSA) is 160 Å². The molecule has 1 aliphatic carbocycles. The summed E-state index contributed by atoms with van der Waals surface area (Å²) >= 11 is 14.1. The molecule has 1 saturated heterocycles. The zero-order valence-corrected chi connectivity index (χ0v) is 28.1. The number of allylic oxidation sites excluding steroid dienone is 2. The standard InChI is InChI=1S/C32H29Cl2FN6O8/c1-37-20-13-24(49-4)23(48-3)12-19(20)36-18(26(37)43)8-9-39-29(46)40-10-7-16-21(41(40)30(39)47)14-31(33)27(44)38(2)28(45)32(31,34)25(16)15-5-6-22(42)17(35)11-15/h5-7,11-13,21,25,42H,8-10,14H2,1-4H3. The average molecular weight is 716 g/mol. The molecule has 17 heteroatoms. The van der Waals surface area contributed by atoms with Crippen LogP contribution in [0.3, 0.4) is 0 Å². The molecule has 2 aromatic heterocycles. The van der Waals surface area contributed by atoms with Gasteiger partial charge in [0.15, 0.2) is 32.8 Å². The molecule has 256 valence electrons. The average Bonchev–Trinajstić information content (AvgIpc) is 3.40. The van der Waals surface area contributed by atoms with E-state index in [-0.39, 0.29) is 37.2 Å². The molecule has 0 spiro atoms. The van der Waals surface area contributed by atoms with Gasteiger partial charge in [-0.1, -0.05) is 12.1 Å². The maximum absolute atomic E-state index is 14.7. The van der Waals surface area contributed by atoms with Crippen LogP contribution in [0.2, 0.25) is 0 Å². The second kappa shape index (κ2) is 11.1. The van der Waals surface area contributed by atoms with Crippen molar-refractivity contribution < 1.29 is 28.6 Å². The first-order valence-electron chi connectivity index (χ1n) is 15.1. The summed E-state index contributed by atoms with van der Waals surface area (Å²) in [7, 11) is 5.74. The van der Waals surface area contributed by atoms with Crippen LogP contribution in [0.5, 0.6) is 17.2 Å². The summed E-state index contributed by atoms with van der Waals surface area (Å²) in [4.78, 5) is 69.3. The molecule has 0 radical (unpaired) electrons. The SMILES string of the molecule is COc1cc2nc(CCn3c(=O)n4n(c3=O)C3CC5(Cl)C(=O)N(C)C(=O)C5(Cl)C(c5ccc(O)c(F)c5)C3=CC4)c(=O)n(C)c2cc1OC. The molecule has 3 aliphatic rings. The fourth-order valence-corrected chi connectivity index (χ4v) is 8.41. The number of aromatic nitrogens is 5. The number of phenols is 1. The molecule has 0 bridgehead atoms. The Bertz CT molecular complexity index is 2350. The van der Waals surface area contributed by atoms with Gasteiger partial charge in [0, 0.05) is 51.5 Å². The number of aryl methyl sites for hydroxylation is 2. The predicted molar refractivity (Wildman–Crippen MR) is 174 cm³/mol. The molecule has 2 aromatic carbocycles. The second-order valence-electron chi connectivity index (χ2n) is 12.3. The van der Waals surface area contributed by atoms with Crippen LogP contribution >= 0.6 is 23.2 Å². The van der Waals surface area contributed by atoms with Gasteiger partial charge in [-0.25, -0.2) is 32.9 Å². The van der Waals surface area contributed by atoms with Crippen molar-refractivity contribution in [2.75, 3.05) is 21.3 Å². The molecule has 14 nitrogen and oxygen atoms in total. The third-order valence-corrected chi connectivity index (χ3v) is 11.3. The number of fused-ring (bicyclic) bond motifs is 5. The van der Waals surface area contributed by atoms with Gasteiger partial charge in [0.25, 0.3) is 17.4 Å². The number of halogens is 3. The number of alkyl halides is 2. The van der Waals surface area contributed by atoms with E-state index in [9.17, 15) is 33.5 Å². The lowest BCUT2D eigenvalue weighted by molar-refractivity contribution is -0.137. The number of rotatable bonds is 6. The number of likely N-dealkylation sites (tertiary alicyclic amines) is 1. The van der Waals surface area contributed by atoms with E-state index in [4.69, 9.17) is 32.7 Å². The fraction of sp³-hybridized carbons (Fsp3) is 0.375. The van der Waals surface area contributed by atoms with Crippen molar-refractivity contribution in [3.63, 3.8) is 0 Å². The Balaban J connectivity index is 1.31. The number of carbonyl (C=O) groups is 2. The summed E-state index contributed by atoms with van der Waals surface area (Å²) in [5, 5.41) is 9.87. The lowest BCUT2D eigenvalue weighted by atomic mass is 9.64. The number of imide groups is 1. The van der Waals surface area contributed by atoms with Gasteiger partial charge in [-0.05, 0) is 23.3 Å². The van der Waals surface area contributed by atoms with Crippen molar-refractivity contribution in [2.45, 2.75) is 47.6 Å². The van der Waals surface area contributed by atoms with Gasteiger partial charge in [0.2, 0.25) is 0 Å². The van der Waals surface area contributed by atoms with E-state index in [2.05, 4.69) is 4.98 Å². The summed E-state index contributed by atoms with van der Waals surface area (Å²) in [5.74, 6) is -3.66. The highest BCUT2D eigenvalue weighted by atomic mass is 35.5. The van der Waals surface area contributed by atoms with Gasteiger partial charge >= 0.3 is 11.4 Å². The molecule has 7 rings (SSSR count). The summed E-state index contributed by atoms with van der Waals surface area (Å²) in [6.45, 7) is -0.339. The van der Waals surface area contributed by atoms with Gasteiger partial charge in [-0.3, -0.25) is 19.3 Å². The minimum absolute atomic E-state index is 0.0848. The zero-order chi connectivity index (χ0) is 35.3. The molecule has 2 fully saturated rings. The van der Waals surface area contributed by atoms with E-state index in [0.717, 1.165) is 21.6 Å². The Hall–Kier alpha value is -4.89. The molecule has 49 heavy (non-hydrogen) atoms. The lowest BCUT2D eigenvalue weighted by Gasteiger charge is -2.49. The maximum Gasteiger partial charge on any atom is 0.347 e. The van der Waals surface area contributed by atoms with Crippen molar-refractivity contribution in [1.82, 2.24) is 28.4 Å². The summed E-state index contributed by atoms with van der Waals surface area (Å²) in [6.07, 6.45) is 1.19. The van der Waals surface area contributed by atoms with Crippen LogP contribution in [0.25, 0.3) is 11.0 Å².